The Morgan fingerprint density at radius 1 is 1.26 bits per heavy atom. The highest BCUT2D eigenvalue weighted by molar-refractivity contribution is 5.76. The van der Waals surface area contributed by atoms with Crippen LogP contribution in [0.25, 0.3) is 0 Å². The molecule has 1 aromatic rings. The average Bonchev–Trinajstić information content (AvgIpc) is 2.45. The first kappa shape index (κ1) is 13.8. The number of carbonyl (C=O) groups is 1. The molecular formula is C15H21FN2O. The number of amides is 1. The Labute approximate surface area is 114 Å². The number of anilines is 1. The van der Waals surface area contributed by atoms with E-state index in [9.17, 15) is 9.18 Å². The standard InChI is InChI=1S/C15H21FN2O/c1-2-3-7-15(19)18-10-8-17(9-11-18)14-6-4-5-13(16)12-14/h4-6,12H,2-3,7-11H2,1H3. The summed E-state index contributed by atoms with van der Waals surface area (Å²) in [4.78, 5) is 16.0. The molecule has 1 heterocycles. The third-order valence-corrected chi connectivity index (χ3v) is 3.55. The van der Waals surface area contributed by atoms with Crippen LogP contribution in [-0.4, -0.2) is 37.0 Å². The lowest BCUT2D eigenvalue weighted by molar-refractivity contribution is -0.131. The number of carbonyl (C=O) groups excluding carboxylic acids is 1. The zero-order chi connectivity index (χ0) is 13.7. The lowest BCUT2D eigenvalue weighted by Gasteiger charge is -2.36. The van der Waals surface area contributed by atoms with Crippen molar-refractivity contribution in [2.24, 2.45) is 0 Å². The summed E-state index contributed by atoms with van der Waals surface area (Å²) in [6.45, 7) is 5.12. The fourth-order valence-electron chi connectivity index (χ4n) is 2.37. The van der Waals surface area contributed by atoms with Gasteiger partial charge in [0.2, 0.25) is 5.91 Å². The van der Waals surface area contributed by atoms with Crippen LogP contribution in [0.1, 0.15) is 26.2 Å². The van der Waals surface area contributed by atoms with Gasteiger partial charge in [-0.2, -0.15) is 0 Å². The van der Waals surface area contributed by atoms with E-state index in [0.717, 1.165) is 44.7 Å². The van der Waals surface area contributed by atoms with Crippen LogP contribution < -0.4 is 4.90 Å². The smallest absolute Gasteiger partial charge is 0.222 e. The van der Waals surface area contributed by atoms with Crippen LogP contribution in [0.3, 0.4) is 0 Å². The molecule has 1 aliphatic heterocycles. The second-order valence-electron chi connectivity index (χ2n) is 4.95. The largest absolute Gasteiger partial charge is 0.368 e. The molecule has 19 heavy (non-hydrogen) atoms. The second-order valence-corrected chi connectivity index (χ2v) is 4.95. The lowest BCUT2D eigenvalue weighted by Crippen LogP contribution is -2.48. The van der Waals surface area contributed by atoms with E-state index in [1.54, 1.807) is 12.1 Å². The molecular weight excluding hydrogens is 243 g/mol. The molecule has 0 bridgehead atoms. The van der Waals surface area contributed by atoms with Crippen molar-refractivity contribution in [3.8, 4) is 0 Å². The molecule has 1 saturated heterocycles. The van der Waals surface area contributed by atoms with Crippen LogP contribution in [0, 0.1) is 5.82 Å². The molecule has 1 aliphatic rings. The lowest BCUT2D eigenvalue weighted by atomic mass is 10.2. The van der Waals surface area contributed by atoms with Crippen molar-refractivity contribution in [1.29, 1.82) is 0 Å². The number of piperazine rings is 1. The number of hydrogen-bond acceptors (Lipinski definition) is 2. The van der Waals surface area contributed by atoms with E-state index in [0.29, 0.717) is 6.42 Å². The van der Waals surface area contributed by atoms with Gasteiger partial charge in [-0.05, 0) is 24.6 Å². The summed E-state index contributed by atoms with van der Waals surface area (Å²) >= 11 is 0. The van der Waals surface area contributed by atoms with Crippen molar-refractivity contribution in [2.45, 2.75) is 26.2 Å². The van der Waals surface area contributed by atoms with E-state index < -0.39 is 0 Å². The zero-order valence-corrected chi connectivity index (χ0v) is 11.4. The van der Waals surface area contributed by atoms with Crippen molar-refractivity contribution < 1.29 is 9.18 Å². The van der Waals surface area contributed by atoms with Gasteiger partial charge in [-0.1, -0.05) is 19.4 Å². The number of hydrogen-bond donors (Lipinski definition) is 0. The van der Waals surface area contributed by atoms with Gasteiger partial charge in [0.1, 0.15) is 5.82 Å². The maximum atomic E-state index is 13.2. The van der Waals surface area contributed by atoms with Gasteiger partial charge < -0.3 is 9.80 Å². The first-order valence-corrected chi connectivity index (χ1v) is 6.99. The van der Waals surface area contributed by atoms with Crippen molar-refractivity contribution in [3.63, 3.8) is 0 Å². The van der Waals surface area contributed by atoms with Crippen molar-refractivity contribution in [3.05, 3.63) is 30.1 Å². The molecule has 2 rings (SSSR count). The molecule has 0 radical (unpaired) electrons. The quantitative estimate of drug-likeness (QED) is 0.834. The molecule has 3 nitrogen and oxygen atoms in total. The highest BCUT2D eigenvalue weighted by Crippen LogP contribution is 2.17. The first-order chi connectivity index (χ1) is 9.20. The Morgan fingerprint density at radius 2 is 2.00 bits per heavy atom. The molecule has 1 fully saturated rings. The fraction of sp³-hybridized carbons (Fsp3) is 0.533. The number of benzene rings is 1. The third kappa shape index (κ3) is 3.69. The van der Waals surface area contributed by atoms with Crippen LogP contribution >= 0.6 is 0 Å². The number of unbranched alkanes of at least 4 members (excludes halogenated alkanes) is 1. The van der Waals surface area contributed by atoms with Crippen molar-refractivity contribution >= 4 is 11.6 Å². The van der Waals surface area contributed by atoms with Gasteiger partial charge in [0.15, 0.2) is 0 Å². The maximum Gasteiger partial charge on any atom is 0.222 e. The molecule has 0 saturated carbocycles. The minimum Gasteiger partial charge on any atom is -0.368 e. The third-order valence-electron chi connectivity index (χ3n) is 3.55. The minimum absolute atomic E-state index is 0.209. The summed E-state index contributed by atoms with van der Waals surface area (Å²) in [6, 6.07) is 6.64. The van der Waals surface area contributed by atoms with Crippen LogP contribution in [0.5, 0.6) is 0 Å². The first-order valence-electron chi connectivity index (χ1n) is 6.99. The summed E-state index contributed by atoms with van der Waals surface area (Å²) in [7, 11) is 0. The summed E-state index contributed by atoms with van der Waals surface area (Å²) < 4.78 is 13.2. The number of rotatable bonds is 4. The summed E-state index contributed by atoms with van der Waals surface area (Å²) in [5.41, 5.74) is 0.903. The van der Waals surface area contributed by atoms with E-state index in [1.807, 2.05) is 11.0 Å². The van der Waals surface area contributed by atoms with Crippen LogP contribution in [0.2, 0.25) is 0 Å². The molecule has 0 spiro atoms. The molecule has 0 unspecified atom stereocenters. The molecule has 104 valence electrons. The molecule has 0 aliphatic carbocycles. The van der Waals surface area contributed by atoms with Crippen molar-refractivity contribution in [2.75, 3.05) is 31.1 Å². The average molecular weight is 264 g/mol. The number of halogens is 1. The van der Waals surface area contributed by atoms with E-state index in [4.69, 9.17) is 0 Å². The summed E-state index contributed by atoms with van der Waals surface area (Å²) in [5.74, 6) is 0.0414. The van der Waals surface area contributed by atoms with Crippen LogP contribution in [0.15, 0.2) is 24.3 Å². The summed E-state index contributed by atoms with van der Waals surface area (Å²) in [5, 5.41) is 0. The predicted molar refractivity (Wildman–Crippen MR) is 74.7 cm³/mol. The van der Waals surface area contributed by atoms with E-state index in [2.05, 4.69) is 11.8 Å². The van der Waals surface area contributed by atoms with Gasteiger partial charge in [-0.3, -0.25) is 4.79 Å². The minimum atomic E-state index is -0.209. The van der Waals surface area contributed by atoms with Gasteiger partial charge in [0, 0.05) is 38.3 Å². The maximum absolute atomic E-state index is 13.2. The molecule has 0 aromatic heterocycles. The molecule has 0 N–H and O–H groups in total. The van der Waals surface area contributed by atoms with Crippen molar-refractivity contribution in [1.82, 2.24) is 4.90 Å². The van der Waals surface area contributed by atoms with E-state index in [-0.39, 0.29) is 11.7 Å². The molecule has 4 heteroatoms. The molecule has 1 aromatic carbocycles. The van der Waals surface area contributed by atoms with Crippen LogP contribution in [-0.2, 0) is 4.79 Å². The Kier molecular flexibility index (Phi) is 4.77. The molecule has 0 atom stereocenters. The SMILES string of the molecule is CCCCC(=O)N1CCN(c2cccc(F)c2)CC1. The summed E-state index contributed by atoms with van der Waals surface area (Å²) in [6.07, 6.45) is 2.66. The van der Waals surface area contributed by atoms with Gasteiger partial charge in [0.25, 0.3) is 0 Å². The fourth-order valence-corrected chi connectivity index (χ4v) is 2.37. The number of nitrogens with zero attached hydrogens (tertiary/aromatic N) is 2. The predicted octanol–water partition coefficient (Wildman–Crippen LogP) is 2.66. The second kappa shape index (κ2) is 6.55. The van der Waals surface area contributed by atoms with E-state index >= 15 is 0 Å². The van der Waals surface area contributed by atoms with Crippen LogP contribution in [0.4, 0.5) is 10.1 Å². The van der Waals surface area contributed by atoms with E-state index in [1.165, 1.54) is 6.07 Å². The topological polar surface area (TPSA) is 23.6 Å². The van der Waals surface area contributed by atoms with Gasteiger partial charge in [-0.15, -0.1) is 0 Å². The zero-order valence-electron chi connectivity index (χ0n) is 11.4. The normalized spacial score (nSPS) is 15.7. The Morgan fingerprint density at radius 3 is 2.63 bits per heavy atom. The Bertz CT molecular complexity index is 428. The van der Waals surface area contributed by atoms with Gasteiger partial charge >= 0.3 is 0 Å². The van der Waals surface area contributed by atoms with Gasteiger partial charge in [0.05, 0.1) is 0 Å². The molecule has 1 amide bonds. The van der Waals surface area contributed by atoms with Gasteiger partial charge in [-0.25, -0.2) is 4.39 Å². The monoisotopic (exact) mass is 264 g/mol. The Hall–Kier alpha value is -1.58. The highest BCUT2D eigenvalue weighted by Gasteiger charge is 2.20. The highest BCUT2D eigenvalue weighted by atomic mass is 19.1. The Balaban J connectivity index is 1.87.